The second kappa shape index (κ2) is 17.4. The number of aromatic nitrogens is 1. The Morgan fingerprint density at radius 1 is 0.918 bits per heavy atom. The summed E-state index contributed by atoms with van der Waals surface area (Å²) in [7, 11) is 1.59. The largest absolute Gasteiger partial charge is 0.345 e. The van der Waals surface area contributed by atoms with Crippen LogP contribution < -0.4 is 21.3 Å². The second-order valence-electron chi connectivity index (χ2n) is 13.5. The van der Waals surface area contributed by atoms with Crippen LogP contribution in [0.5, 0.6) is 0 Å². The molecule has 2 aliphatic rings. The molecule has 0 radical (unpaired) electrons. The molecule has 0 spiro atoms. The van der Waals surface area contributed by atoms with Gasteiger partial charge in [-0.2, -0.15) is 0 Å². The molecule has 266 valence electrons. The lowest BCUT2D eigenvalue weighted by Gasteiger charge is -2.29. The minimum Gasteiger partial charge on any atom is -0.345 e. The molecule has 4 N–H and O–H groups in total. The van der Waals surface area contributed by atoms with Gasteiger partial charge in [0.25, 0.3) is 5.91 Å². The van der Waals surface area contributed by atoms with Gasteiger partial charge in [-0.1, -0.05) is 57.0 Å². The highest BCUT2D eigenvalue weighted by Gasteiger charge is 2.31. The predicted octanol–water partition coefficient (Wildman–Crippen LogP) is 2.19. The molecule has 2 bridgehead atoms. The minimum absolute atomic E-state index is 0.0831. The maximum atomic E-state index is 13.7. The summed E-state index contributed by atoms with van der Waals surface area (Å²) in [5.41, 5.74) is 1.02. The van der Waals surface area contributed by atoms with Gasteiger partial charge in [0.15, 0.2) is 0 Å². The first-order chi connectivity index (χ1) is 23.3. The van der Waals surface area contributed by atoms with E-state index in [2.05, 4.69) is 26.3 Å². The Labute approximate surface area is 292 Å². The van der Waals surface area contributed by atoms with Crippen molar-refractivity contribution in [2.75, 3.05) is 26.7 Å². The van der Waals surface area contributed by atoms with Gasteiger partial charge >= 0.3 is 0 Å². The SMILES string of the molecule is CC(C)[C@@H]1NC(=O)[C@H](C)NC(=O)c2csc(n2)[C@H](Cc2ccccc2)NC(=O)CN(C(=O)CC2CCCC2)CCN(C)C(=O)[C@@H](C)NC1=O. The molecule has 14 heteroatoms. The number of hydrogen-bond donors (Lipinski definition) is 4. The maximum absolute atomic E-state index is 13.7. The summed E-state index contributed by atoms with van der Waals surface area (Å²) >= 11 is 1.21. The Morgan fingerprint density at radius 2 is 1.61 bits per heavy atom. The van der Waals surface area contributed by atoms with Crippen molar-refractivity contribution in [1.82, 2.24) is 36.1 Å². The number of carbonyl (C=O) groups is 6. The van der Waals surface area contributed by atoms with Gasteiger partial charge in [0.1, 0.15) is 28.8 Å². The summed E-state index contributed by atoms with van der Waals surface area (Å²) in [6, 6.07) is 6.06. The van der Waals surface area contributed by atoms with Crippen LogP contribution in [0, 0.1) is 11.8 Å². The number of amides is 6. The van der Waals surface area contributed by atoms with Crippen LogP contribution in [0.25, 0.3) is 0 Å². The van der Waals surface area contributed by atoms with Crippen molar-refractivity contribution in [2.24, 2.45) is 11.8 Å². The van der Waals surface area contributed by atoms with E-state index in [1.165, 1.54) is 28.1 Å². The average Bonchev–Trinajstić information content (AvgIpc) is 3.77. The van der Waals surface area contributed by atoms with Crippen molar-refractivity contribution >= 4 is 46.8 Å². The van der Waals surface area contributed by atoms with Crippen LogP contribution in [0.15, 0.2) is 35.7 Å². The van der Waals surface area contributed by atoms with Crippen molar-refractivity contribution in [3.8, 4) is 0 Å². The third kappa shape index (κ3) is 10.6. The predicted molar refractivity (Wildman–Crippen MR) is 185 cm³/mol. The quantitative estimate of drug-likeness (QED) is 0.372. The third-order valence-corrected chi connectivity index (χ3v) is 10.1. The van der Waals surface area contributed by atoms with E-state index in [9.17, 15) is 28.8 Å². The maximum Gasteiger partial charge on any atom is 0.271 e. The molecule has 1 aromatic carbocycles. The number of nitrogens with zero attached hydrogens (tertiary/aromatic N) is 3. The molecule has 2 heterocycles. The Bertz CT molecular complexity index is 1490. The van der Waals surface area contributed by atoms with Gasteiger partial charge in [0.05, 0.1) is 12.6 Å². The van der Waals surface area contributed by atoms with E-state index in [-0.39, 0.29) is 49.0 Å². The number of hydrogen-bond acceptors (Lipinski definition) is 8. The lowest BCUT2D eigenvalue weighted by Crippen LogP contribution is -2.57. The monoisotopic (exact) mass is 695 g/mol. The van der Waals surface area contributed by atoms with Crippen molar-refractivity contribution < 1.29 is 28.8 Å². The Morgan fingerprint density at radius 3 is 2.29 bits per heavy atom. The summed E-state index contributed by atoms with van der Waals surface area (Å²) < 4.78 is 0. The number of rotatable bonds is 5. The van der Waals surface area contributed by atoms with Crippen LogP contribution in [0.3, 0.4) is 0 Å². The number of nitrogens with one attached hydrogen (secondary N) is 4. The fourth-order valence-electron chi connectivity index (χ4n) is 6.12. The molecule has 1 aliphatic heterocycles. The van der Waals surface area contributed by atoms with Crippen molar-refractivity contribution in [3.05, 3.63) is 52.0 Å². The van der Waals surface area contributed by atoms with E-state index >= 15 is 0 Å². The highest BCUT2D eigenvalue weighted by molar-refractivity contribution is 7.09. The molecule has 1 aromatic heterocycles. The van der Waals surface area contributed by atoms with Crippen LogP contribution in [0.2, 0.25) is 0 Å². The van der Waals surface area contributed by atoms with Gasteiger partial charge < -0.3 is 31.1 Å². The van der Waals surface area contributed by atoms with Crippen molar-refractivity contribution in [3.63, 3.8) is 0 Å². The lowest BCUT2D eigenvalue weighted by atomic mass is 10.0. The topological polar surface area (TPSA) is 170 Å². The van der Waals surface area contributed by atoms with E-state index in [0.29, 0.717) is 17.8 Å². The zero-order valence-electron chi connectivity index (χ0n) is 29.0. The fraction of sp³-hybridized carbons (Fsp3) is 0.571. The van der Waals surface area contributed by atoms with Crippen LogP contribution in [-0.2, 0) is 30.4 Å². The highest BCUT2D eigenvalue weighted by Crippen LogP contribution is 2.28. The smallest absolute Gasteiger partial charge is 0.271 e. The summed E-state index contributed by atoms with van der Waals surface area (Å²) in [6.45, 7) is 6.64. The van der Waals surface area contributed by atoms with Crippen LogP contribution in [0.1, 0.15) is 86.9 Å². The van der Waals surface area contributed by atoms with Gasteiger partial charge in [-0.25, -0.2) is 4.98 Å². The zero-order chi connectivity index (χ0) is 35.7. The van der Waals surface area contributed by atoms with E-state index in [1.54, 1.807) is 33.2 Å². The molecular weight excluding hydrogens is 646 g/mol. The molecule has 2 aromatic rings. The Hall–Kier alpha value is -4.33. The molecule has 13 nitrogen and oxygen atoms in total. The molecule has 0 saturated heterocycles. The summed E-state index contributed by atoms with van der Waals surface area (Å²) in [5.74, 6) is -2.69. The molecule has 49 heavy (non-hydrogen) atoms. The van der Waals surface area contributed by atoms with Gasteiger partial charge in [-0.3, -0.25) is 28.8 Å². The summed E-state index contributed by atoms with van der Waals surface area (Å²) in [4.78, 5) is 87.6. The van der Waals surface area contributed by atoms with E-state index in [0.717, 1.165) is 31.2 Å². The standard InChI is InChI=1S/C35H49N7O6S/c1-21(2)30-33(47)37-23(4)35(48)41(5)15-16-42(29(44)18-25-13-9-10-14-25)19-28(43)38-26(17-24-11-7-6-8-12-24)34-39-27(20-49-34)32(46)36-22(3)31(45)40-30/h6-8,11-12,20-23,25-26,30H,9-10,13-19H2,1-5H3,(H,36,46)(H,37,47)(H,38,43)(H,40,45)/t22-,23+,26-,30-/m0/s1. The van der Waals surface area contributed by atoms with Gasteiger partial charge in [-0.15, -0.1) is 11.3 Å². The number of likely N-dealkylation sites (N-methyl/N-ethyl adjacent to an activating group) is 1. The molecule has 0 unspecified atom stereocenters. The zero-order valence-corrected chi connectivity index (χ0v) is 29.8. The van der Waals surface area contributed by atoms with Gasteiger partial charge in [-0.05, 0) is 50.5 Å². The van der Waals surface area contributed by atoms with Crippen LogP contribution in [0.4, 0.5) is 0 Å². The van der Waals surface area contributed by atoms with Crippen molar-refractivity contribution in [1.29, 1.82) is 0 Å². The van der Waals surface area contributed by atoms with Gasteiger partial charge in [0.2, 0.25) is 29.5 Å². The first-order valence-electron chi connectivity index (χ1n) is 17.1. The highest BCUT2D eigenvalue weighted by atomic mass is 32.1. The molecule has 1 fully saturated rings. The average molecular weight is 696 g/mol. The van der Waals surface area contributed by atoms with E-state index < -0.39 is 47.8 Å². The van der Waals surface area contributed by atoms with E-state index in [4.69, 9.17) is 0 Å². The lowest BCUT2D eigenvalue weighted by molar-refractivity contribution is -0.139. The van der Waals surface area contributed by atoms with Crippen LogP contribution >= 0.6 is 11.3 Å². The van der Waals surface area contributed by atoms with Crippen LogP contribution in [-0.4, -0.2) is 95.0 Å². The number of carbonyl (C=O) groups excluding carboxylic acids is 6. The summed E-state index contributed by atoms with van der Waals surface area (Å²) in [6.07, 6.45) is 4.82. The Kier molecular flexibility index (Phi) is 13.3. The number of benzene rings is 1. The molecule has 1 aliphatic carbocycles. The molecule has 4 atom stereocenters. The van der Waals surface area contributed by atoms with Gasteiger partial charge in [0, 0.05) is 31.9 Å². The molecule has 4 rings (SSSR count). The number of thiazole rings is 1. The molecule has 6 amide bonds. The van der Waals surface area contributed by atoms with E-state index in [1.807, 2.05) is 30.3 Å². The molecule has 1 saturated carbocycles. The first kappa shape index (κ1) is 37.5. The normalized spacial score (nSPS) is 24.2. The first-order valence-corrected chi connectivity index (χ1v) is 17.9. The van der Waals surface area contributed by atoms with Crippen molar-refractivity contribution in [2.45, 2.75) is 90.4 Å². The molecular formula is C35H49N7O6S. The third-order valence-electron chi connectivity index (χ3n) is 9.09. The minimum atomic E-state index is -1.00. The number of fused-ring (bicyclic) bond motifs is 2. The summed E-state index contributed by atoms with van der Waals surface area (Å²) in [5, 5.41) is 13.1. The Balaban J connectivity index is 1.64. The fourth-order valence-corrected chi connectivity index (χ4v) is 6.97. The second-order valence-corrected chi connectivity index (χ2v) is 14.4.